The summed E-state index contributed by atoms with van der Waals surface area (Å²) in [6.07, 6.45) is -1.25. The molecule has 0 unspecified atom stereocenters. The zero-order valence-electron chi connectivity index (χ0n) is 14.5. The molecule has 0 atom stereocenters. The number of unbranched alkanes of at least 4 members (excludes halogenated alkanes) is 2. The number of hydrogen-bond acceptors (Lipinski definition) is 4. The summed E-state index contributed by atoms with van der Waals surface area (Å²) in [6, 6.07) is 8.40. The summed E-state index contributed by atoms with van der Waals surface area (Å²) in [6.45, 7) is 2.10. The number of rotatable bonds is 5. The molecule has 4 nitrogen and oxygen atoms in total. The molecule has 0 aliphatic rings. The predicted molar refractivity (Wildman–Crippen MR) is 95.3 cm³/mol. The number of fused-ring (bicyclic) bond motifs is 3. The number of alkyl halides is 3. The van der Waals surface area contributed by atoms with E-state index in [4.69, 9.17) is 4.42 Å². The van der Waals surface area contributed by atoms with Crippen molar-refractivity contribution in [1.82, 2.24) is 0 Å². The van der Waals surface area contributed by atoms with Crippen molar-refractivity contribution in [3.05, 3.63) is 51.9 Å². The van der Waals surface area contributed by atoms with Gasteiger partial charge in [-0.15, -0.1) is 0 Å². The minimum absolute atomic E-state index is 0.0811. The van der Waals surface area contributed by atoms with Crippen LogP contribution in [-0.2, 0) is 6.42 Å². The molecule has 0 saturated carbocycles. The average molecular weight is 378 g/mol. The Morgan fingerprint density at radius 1 is 1.15 bits per heavy atom. The quantitative estimate of drug-likeness (QED) is 0.289. The molecule has 0 radical (unpaired) electrons. The molecule has 0 aliphatic heterocycles. The predicted octanol–water partition coefficient (Wildman–Crippen LogP) is 5.13. The van der Waals surface area contributed by atoms with Crippen molar-refractivity contribution in [1.29, 1.82) is 0 Å². The Morgan fingerprint density at radius 3 is 2.56 bits per heavy atom. The van der Waals surface area contributed by atoms with Crippen molar-refractivity contribution >= 4 is 27.5 Å². The first-order chi connectivity index (χ1) is 12.7. The van der Waals surface area contributed by atoms with Gasteiger partial charge >= 0.3 is 11.8 Å². The van der Waals surface area contributed by atoms with Crippen LogP contribution in [0.1, 0.15) is 42.1 Å². The molecule has 0 saturated heterocycles. The monoisotopic (exact) mass is 378 g/mol. The summed E-state index contributed by atoms with van der Waals surface area (Å²) < 4.78 is 43.2. The Balaban J connectivity index is 2.21. The molecule has 142 valence electrons. The number of benzene rings is 2. The van der Waals surface area contributed by atoms with Gasteiger partial charge in [0.15, 0.2) is 5.56 Å². The smallest absolute Gasteiger partial charge is 0.455 e. The third-order valence-electron chi connectivity index (χ3n) is 4.48. The molecule has 7 heteroatoms. The number of carbonyl (C=O) groups is 1. The molecule has 1 aromatic heterocycles. The van der Waals surface area contributed by atoms with Gasteiger partial charge in [-0.2, -0.15) is 13.2 Å². The van der Waals surface area contributed by atoms with Crippen molar-refractivity contribution < 1.29 is 27.5 Å². The van der Waals surface area contributed by atoms with Crippen LogP contribution in [0.3, 0.4) is 0 Å². The van der Waals surface area contributed by atoms with Gasteiger partial charge in [-0.3, -0.25) is 4.79 Å². The Bertz CT molecular complexity index is 1080. The van der Waals surface area contributed by atoms with Crippen LogP contribution in [0, 0.1) is 0 Å². The normalized spacial score (nSPS) is 12.0. The third kappa shape index (κ3) is 3.54. The molecule has 0 fully saturated rings. The molecule has 3 aromatic rings. The second-order valence-corrected chi connectivity index (χ2v) is 6.39. The van der Waals surface area contributed by atoms with Gasteiger partial charge in [0, 0.05) is 0 Å². The largest absolute Gasteiger partial charge is 0.506 e. The maximum atomic E-state index is 12.8. The van der Waals surface area contributed by atoms with Crippen LogP contribution in [0.4, 0.5) is 13.2 Å². The Kier molecular flexibility index (Phi) is 4.95. The van der Waals surface area contributed by atoms with E-state index < -0.39 is 28.9 Å². The fourth-order valence-electron chi connectivity index (χ4n) is 3.14. The second-order valence-electron chi connectivity index (χ2n) is 6.39. The number of carbonyl (C=O) groups excluding carboxylic acids is 1. The van der Waals surface area contributed by atoms with Gasteiger partial charge in [0.05, 0.1) is 5.39 Å². The van der Waals surface area contributed by atoms with Gasteiger partial charge in [0.2, 0.25) is 0 Å². The van der Waals surface area contributed by atoms with Crippen molar-refractivity contribution in [2.24, 2.45) is 0 Å². The van der Waals surface area contributed by atoms with E-state index in [0.717, 1.165) is 31.2 Å². The first-order valence-electron chi connectivity index (χ1n) is 8.57. The van der Waals surface area contributed by atoms with E-state index in [-0.39, 0.29) is 11.0 Å². The molecule has 0 spiro atoms. The standard InChI is InChI=1S/C20H17F3O4/c1-2-3-4-5-11-6-8-13-12(10-11)7-9-14-15(13)17(24)16(19(26)27-14)18(25)20(21,22)23/h6-10,24H,2-5H2,1H3. The zero-order valence-corrected chi connectivity index (χ0v) is 14.5. The highest BCUT2D eigenvalue weighted by Crippen LogP contribution is 2.36. The van der Waals surface area contributed by atoms with E-state index in [1.807, 2.05) is 12.1 Å². The maximum Gasteiger partial charge on any atom is 0.455 e. The number of ketones is 1. The first kappa shape index (κ1) is 18.9. The summed E-state index contributed by atoms with van der Waals surface area (Å²) in [7, 11) is 0. The molecular formula is C20H17F3O4. The molecular weight excluding hydrogens is 361 g/mol. The molecule has 27 heavy (non-hydrogen) atoms. The molecule has 1 heterocycles. The van der Waals surface area contributed by atoms with Crippen LogP contribution in [0.5, 0.6) is 5.75 Å². The van der Waals surface area contributed by atoms with Crippen LogP contribution in [0.25, 0.3) is 21.7 Å². The second kappa shape index (κ2) is 7.06. The van der Waals surface area contributed by atoms with Gasteiger partial charge in [0.1, 0.15) is 11.3 Å². The van der Waals surface area contributed by atoms with Crippen molar-refractivity contribution in [3.63, 3.8) is 0 Å². The molecule has 0 amide bonds. The number of hydrogen-bond donors (Lipinski definition) is 1. The lowest BCUT2D eigenvalue weighted by Crippen LogP contribution is -2.28. The highest BCUT2D eigenvalue weighted by atomic mass is 19.4. The third-order valence-corrected chi connectivity index (χ3v) is 4.48. The summed E-state index contributed by atoms with van der Waals surface area (Å²) in [5.41, 5.74) is -1.94. The molecule has 1 N–H and O–H groups in total. The lowest BCUT2D eigenvalue weighted by Gasteiger charge is -2.10. The Hall–Kier alpha value is -2.83. The lowest BCUT2D eigenvalue weighted by molar-refractivity contribution is -0.0888. The molecule has 2 aromatic carbocycles. The van der Waals surface area contributed by atoms with Gasteiger partial charge in [0.25, 0.3) is 5.78 Å². The SMILES string of the molecule is CCCCCc1ccc2c(ccc3oc(=O)c(C(=O)C(F)(F)F)c(O)c32)c1. The zero-order chi connectivity index (χ0) is 19.8. The van der Waals surface area contributed by atoms with Gasteiger partial charge < -0.3 is 9.52 Å². The van der Waals surface area contributed by atoms with Crippen LogP contribution >= 0.6 is 0 Å². The van der Waals surface area contributed by atoms with Crippen molar-refractivity contribution in [2.75, 3.05) is 0 Å². The number of Topliss-reactive ketones (excluding diaryl/α,β-unsaturated/α-hetero) is 1. The maximum absolute atomic E-state index is 12.8. The van der Waals surface area contributed by atoms with Crippen molar-refractivity contribution in [2.45, 2.75) is 38.8 Å². The van der Waals surface area contributed by atoms with E-state index in [9.17, 15) is 27.9 Å². The Morgan fingerprint density at radius 2 is 1.89 bits per heavy atom. The minimum Gasteiger partial charge on any atom is -0.506 e. The van der Waals surface area contributed by atoms with Gasteiger partial charge in [-0.1, -0.05) is 44.0 Å². The summed E-state index contributed by atoms with van der Waals surface area (Å²) in [5.74, 6) is -3.43. The number of halogens is 3. The number of aryl methyl sites for hydroxylation is 1. The number of aromatic hydroxyl groups is 1. The van der Waals surface area contributed by atoms with Gasteiger partial charge in [-0.05, 0) is 35.2 Å². The van der Waals surface area contributed by atoms with E-state index in [1.165, 1.54) is 6.07 Å². The summed E-state index contributed by atoms with van der Waals surface area (Å²) in [4.78, 5) is 23.4. The highest BCUT2D eigenvalue weighted by Gasteiger charge is 2.43. The average Bonchev–Trinajstić information content (AvgIpc) is 2.60. The van der Waals surface area contributed by atoms with E-state index >= 15 is 0 Å². The van der Waals surface area contributed by atoms with Crippen LogP contribution in [-0.4, -0.2) is 17.1 Å². The first-order valence-corrected chi connectivity index (χ1v) is 8.57. The lowest BCUT2D eigenvalue weighted by atomic mass is 9.98. The van der Waals surface area contributed by atoms with Crippen LogP contribution in [0.15, 0.2) is 39.5 Å². The van der Waals surface area contributed by atoms with Gasteiger partial charge in [-0.25, -0.2) is 4.79 Å². The van der Waals surface area contributed by atoms with Crippen LogP contribution in [0.2, 0.25) is 0 Å². The topological polar surface area (TPSA) is 67.5 Å². The molecule has 0 aliphatic carbocycles. The fourth-order valence-corrected chi connectivity index (χ4v) is 3.14. The molecule has 0 bridgehead atoms. The van der Waals surface area contributed by atoms with E-state index in [2.05, 4.69) is 6.92 Å². The molecule has 3 rings (SSSR count). The Labute approximate surface area is 152 Å². The highest BCUT2D eigenvalue weighted by molar-refractivity contribution is 6.13. The van der Waals surface area contributed by atoms with Crippen molar-refractivity contribution in [3.8, 4) is 5.75 Å². The van der Waals surface area contributed by atoms with Crippen LogP contribution < -0.4 is 5.63 Å². The van der Waals surface area contributed by atoms with E-state index in [0.29, 0.717) is 10.8 Å². The fraction of sp³-hybridized carbons (Fsp3) is 0.300. The summed E-state index contributed by atoms with van der Waals surface area (Å²) >= 11 is 0. The minimum atomic E-state index is -5.29. The van der Waals surface area contributed by atoms with E-state index in [1.54, 1.807) is 12.1 Å². The summed E-state index contributed by atoms with van der Waals surface area (Å²) in [5, 5.41) is 11.3.